The molecule has 0 aromatic carbocycles. The number of likely N-dealkylation sites (tertiary alicyclic amines) is 1. The molecule has 0 amide bonds. The molecule has 0 saturated carbocycles. The highest BCUT2D eigenvalue weighted by molar-refractivity contribution is 4.86. The summed E-state index contributed by atoms with van der Waals surface area (Å²) in [6.07, 6.45) is 1.02. The smallest absolute Gasteiger partial charge is 0.0682 e. The van der Waals surface area contributed by atoms with Crippen molar-refractivity contribution < 1.29 is 9.84 Å². The van der Waals surface area contributed by atoms with Crippen LogP contribution in [0.5, 0.6) is 0 Å². The molecule has 1 rings (SSSR count). The summed E-state index contributed by atoms with van der Waals surface area (Å²) in [7, 11) is 4.15. The van der Waals surface area contributed by atoms with Gasteiger partial charge in [0.2, 0.25) is 0 Å². The van der Waals surface area contributed by atoms with E-state index in [1.54, 1.807) is 0 Å². The number of likely N-dealkylation sites (N-methyl/N-ethyl adjacent to an activating group) is 1. The molecule has 0 spiro atoms. The molecule has 1 heterocycles. The molecule has 2 unspecified atom stereocenters. The molecule has 1 fully saturated rings. The molecule has 2 atom stereocenters. The third-order valence-corrected chi connectivity index (χ3v) is 2.91. The fraction of sp³-hybridized carbons (Fsp3) is 1.00. The van der Waals surface area contributed by atoms with Crippen molar-refractivity contribution in [3.63, 3.8) is 0 Å². The second kappa shape index (κ2) is 6.55. The maximum absolute atomic E-state index is 9.69. The maximum Gasteiger partial charge on any atom is 0.0682 e. The van der Waals surface area contributed by atoms with Gasteiger partial charge < -0.3 is 14.7 Å². The third kappa shape index (κ3) is 4.78. The molecule has 4 nitrogen and oxygen atoms in total. The van der Waals surface area contributed by atoms with E-state index in [4.69, 9.17) is 4.74 Å². The molecule has 1 aliphatic heterocycles. The van der Waals surface area contributed by atoms with Gasteiger partial charge in [-0.25, -0.2) is 0 Å². The van der Waals surface area contributed by atoms with E-state index >= 15 is 0 Å². The van der Waals surface area contributed by atoms with Crippen molar-refractivity contribution in [3.8, 4) is 0 Å². The first-order valence-corrected chi connectivity index (χ1v) is 6.17. The maximum atomic E-state index is 9.69. The summed E-state index contributed by atoms with van der Waals surface area (Å²) in [6.45, 7) is 7.59. The van der Waals surface area contributed by atoms with Gasteiger partial charge in [0.15, 0.2) is 0 Å². The first-order valence-electron chi connectivity index (χ1n) is 6.17. The van der Waals surface area contributed by atoms with Crippen LogP contribution in [0.3, 0.4) is 0 Å². The summed E-state index contributed by atoms with van der Waals surface area (Å²) in [5.74, 6) is 0. The average Bonchev–Trinajstić information content (AvgIpc) is 2.44. The van der Waals surface area contributed by atoms with Crippen LogP contribution in [0.4, 0.5) is 0 Å². The molecule has 1 saturated heterocycles. The van der Waals surface area contributed by atoms with Crippen LogP contribution >= 0.6 is 0 Å². The molecule has 0 aromatic rings. The largest absolute Gasteiger partial charge is 0.392 e. The Kier molecular flexibility index (Phi) is 5.69. The summed E-state index contributed by atoms with van der Waals surface area (Å²) < 4.78 is 5.56. The normalized spacial score (nSPS) is 27.2. The molecular formula is C12H26N2O2. The fourth-order valence-electron chi connectivity index (χ4n) is 2.25. The van der Waals surface area contributed by atoms with E-state index in [2.05, 4.69) is 37.7 Å². The minimum atomic E-state index is -0.163. The van der Waals surface area contributed by atoms with Gasteiger partial charge in [0.1, 0.15) is 0 Å². The molecule has 0 bridgehead atoms. The van der Waals surface area contributed by atoms with Crippen LogP contribution in [0.15, 0.2) is 0 Å². The Balaban J connectivity index is 2.31. The minimum Gasteiger partial charge on any atom is -0.392 e. The van der Waals surface area contributed by atoms with Gasteiger partial charge >= 0.3 is 0 Å². The predicted octanol–water partition coefficient (Wildman–Crippen LogP) is 0.408. The highest BCUT2D eigenvalue weighted by atomic mass is 16.5. The lowest BCUT2D eigenvalue weighted by Gasteiger charge is -2.26. The van der Waals surface area contributed by atoms with Gasteiger partial charge in [0.25, 0.3) is 0 Å². The molecule has 4 heteroatoms. The van der Waals surface area contributed by atoms with Crippen LogP contribution in [-0.4, -0.2) is 73.5 Å². The number of β-amino-alcohol motifs (C(OH)–C–C–N with tert-alkyl or cyclic N) is 1. The van der Waals surface area contributed by atoms with E-state index in [9.17, 15) is 5.11 Å². The van der Waals surface area contributed by atoms with Gasteiger partial charge in [0.05, 0.1) is 18.8 Å². The summed E-state index contributed by atoms with van der Waals surface area (Å²) >= 11 is 0. The molecule has 1 N–H and O–H groups in total. The summed E-state index contributed by atoms with van der Waals surface area (Å²) in [6, 6.07) is 0.473. The first-order chi connectivity index (χ1) is 7.49. The predicted molar refractivity (Wildman–Crippen MR) is 65.6 cm³/mol. The quantitative estimate of drug-likeness (QED) is 0.717. The van der Waals surface area contributed by atoms with Gasteiger partial charge in [-0.15, -0.1) is 0 Å². The van der Waals surface area contributed by atoms with Crippen LogP contribution in [0, 0.1) is 0 Å². The standard InChI is InChI=1S/C12H26N2O2/c1-10(2)16-6-5-14-9-12(15)7-11(14)8-13(3)4/h10-12,15H,5-9H2,1-4H3. The van der Waals surface area contributed by atoms with E-state index in [0.717, 1.165) is 32.7 Å². The number of aliphatic hydroxyl groups is 1. The SMILES string of the molecule is CC(C)OCCN1CC(O)CC1CN(C)C. The minimum absolute atomic E-state index is 0.163. The lowest BCUT2D eigenvalue weighted by Crippen LogP contribution is -2.39. The Labute approximate surface area is 99.2 Å². The van der Waals surface area contributed by atoms with Crippen molar-refractivity contribution in [2.75, 3.05) is 40.3 Å². The average molecular weight is 230 g/mol. The Morgan fingerprint density at radius 3 is 2.69 bits per heavy atom. The lowest BCUT2D eigenvalue weighted by molar-refractivity contribution is 0.0521. The third-order valence-electron chi connectivity index (χ3n) is 2.91. The molecule has 0 aliphatic carbocycles. The molecule has 0 radical (unpaired) electrons. The van der Waals surface area contributed by atoms with Crippen molar-refractivity contribution in [3.05, 3.63) is 0 Å². The summed E-state index contributed by atoms with van der Waals surface area (Å²) in [5, 5.41) is 9.69. The van der Waals surface area contributed by atoms with E-state index in [-0.39, 0.29) is 6.10 Å². The monoisotopic (exact) mass is 230 g/mol. The zero-order valence-corrected chi connectivity index (χ0v) is 11.0. The second-order valence-electron chi connectivity index (χ2n) is 5.22. The number of hydrogen-bond acceptors (Lipinski definition) is 4. The van der Waals surface area contributed by atoms with Gasteiger partial charge in [-0.1, -0.05) is 0 Å². The van der Waals surface area contributed by atoms with Crippen molar-refractivity contribution in [2.24, 2.45) is 0 Å². The van der Waals surface area contributed by atoms with Crippen LogP contribution in [0.2, 0.25) is 0 Å². The molecule has 16 heavy (non-hydrogen) atoms. The number of nitrogens with zero attached hydrogens (tertiary/aromatic N) is 2. The Hall–Kier alpha value is -0.160. The van der Waals surface area contributed by atoms with Crippen molar-refractivity contribution >= 4 is 0 Å². The van der Waals surface area contributed by atoms with E-state index in [1.807, 2.05) is 0 Å². The van der Waals surface area contributed by atoms with Gasteiger partial charge in [0, 0.05) is 25.7 Å². The topological polar surface area (TPSA) is 35.9 Å². The summed E-state index contributed by atoms with van der Waals surface area (Å²) in [5.41, 5.74) is 0. The van der Waals surface area contributed by atoms with E-state index < -0.39 is 0 Å². The van der Waals surface area contributed by atoms with Gasteiger partial charge in [-0.05, 0) is 34.4 Å². The first kappa shape index (κ1) is 13.9. The van der Waals surface area contributed by atoms with E-state index in [1.165, 1.54) is 0 Å². The fourth-order valence-corrected chi connectivity index (χ4v) is 2.25. The van der Waals surface area contributed by atoms with Gasteiger partial charge in [-0.3, -0.25) is 4.90 Å². The number of aliphatic hydroxyl groups excluding tert-OH is 1. The Bertz CT molecular complexity index is 197. The van der Waals surface area contributed by atoms with Gasteiger partial charge in [-0.2, -0.15) is 0 Å². The molecule has 1 aliphatic rings. The molecule has 96 valence electrons. The Morgan fingerprint density at radius 1 is 1.44 bits per heavy atom. The number of hydrogen-bond donors (Lipinski definition) is 1. The van der Waals surface area contributed by atoms with Crippen molar-refractivity contribution in [1.82, 2.24) is 9.80 Å². The molecule has 0 aromatic heterocycles. The molecular weight excluding hydrogens is 204 g/mol. The van der Waals surface area contributed by atoms with Crippen LogP contribution in [-0.2, 0) is 4.74 Å². The Morgan fingerprint density at radius 2 is 2.12 bits per heavy atom. The van der Waals surface area contributed by atoms with Crippen LogP contribution < -0.4 is 0 Å². The number of ether oxygens (including phenoxy) is 1. The zero-order chi connectivity index (χ0) is 12.1. The van der Waals surface area contributed by atoms with Crippen LogP contribution in [0.25, 0.3) is 0 Å². The van der Waals surface area contributed by atoms with Crippen molar-refractivity contribution in [2.45, 2.75) is 38.5 Å². The highest BCUT2D eigenvalue weighted by Crippen LogP contribution is 2.17. The van der Waals surface area contributed by atoms with Crippen LogP contribution in [0.1, 0.15) is 20.3 Å². The highest BCUT2D eigenvalue weighted by Gasteiger charge is 2.30. The lowest BCUT2D eigenvalue weighted by atomic mass is 10.2. The number of rotatable bonds is 6. The van der Waals surface area contributed by atoms with Crippen molar-refractivity contribution in [1.29, 1.82) is 0 Å². The summed E-state index contributed by atoms with van der Waals surface area (Å²) in [4.78, 5) is 4.52. The zero-order valence-electron chi connectivity index (χ0n) is 11.0. The second-order valence-corrected chi connectivity index (χ2v) is 5.22. The van der Waals surface area contributed by atoms with E-state index in [0.29, 0.717) is 12.1 Å².